The van der Waals surface area contributed by atoms with Crippen LogP contribution in [0.15, 0.2) is 6.20 Å². The summed E-state index contributed by atoms with van der Waals surface area (Å²) >= 11 is 6.08. The summed E-state index contributed by atoms with van der Waals surface area (Å²) in [6.45, 7) is 12.9. The third kappa shape index (κ3) is 4.95. The van der Waals surface area contributed by atoms with Crippen molar-refractivity contribution >= 4 is 34.7 Å². The second-order valence-electron chi connectivity index (χ2n) is 8.97. The van der Waals surface area contributed by atoms with Gasteiger partial charge in [-0.05, 0) is 71.9 Å². The van der Waals surface area contributed by atoms with Gasteiger partial charge in [0.15, 0.2) is 0 Å². The van der Waals surface area contributed by atoms with Crippen molar-refractivity contribution in [2.24, 2.45) is 5.92 Å². The molecular weight excluding hydrogens is 420 g/mol. The van der Waals surface area contributed by atoms with Crippen LogP contribution in [0.4, 0.5) is 4.79 Å². The molecule has 0 saturated carbocycles. The number of fused-ring (bicyclic) bond motifs is 1. The summed E-state index contributed by atoms with van der Waals surface area (Å²) in [6, 6.07) is 0.0532. The van der Waals surface area contributed by atoms with Crippen LogP contribution in [0.5, 0.6) is 0 Å². The zero-order valence-electron chi connectivity index (χ0n) is 19.1. The second-order valence-corrected chi connectivity index (χ2v) is 9.31. The molecule has 1 unspecified atom stereocenters. The predicted molar refractivity (Wildman–Crippen MR) is 118 cm³/mol. The lowest BCUT2D eigenvalue weighted by molar-refractivity contribution is 0.0165. The van der Waals surface area contributed by atoms with E-state index in [0.29, 0.717) is 35.6 Å². The molecule has 1 aliphatic heterocycles. The molecular formula is C22H31ClN4O4. The van der Waals surface area contributed by atoms with Crippen molar-refractivity contribution in [1.29, 1.82) is 0 Å². The molecule has 3 rings (SSSR count). The molecule has 0 aromatic carbocycles. The number of piperidine rings is 1. The molecule has 2 aromatic heterocycles. The molecule has 0 aliphatic carbocycles. The summed E-state index contributed by atoms with van der Waals surface area (Å²) in [5, 5.41) is 0.770. The average molecular weight is 451 g/mol. The third-order valence-electron chi connectivity index (χ3n) is 5.72. The van der Waals surface area contributed by atoms with Crippen LogP contribution in [0, 0.1) is 12.8 Å². The topological polar surface area (TPSA) is 86.5 Å². The Morgan fingerprint density at radius 2 is 1.94 bits per heavy atom. The number of ether oxygens (including phenoxy) is 2. The van der Waals surface area contributed by atoms with Crippen LogP contribution >= 0.6 is 11.6 Å². The van der Waals surface area contributed by atoms with Gasteiger partial charge in [0.25, 0.3) is 0 Å². The number of amides is 1. The van der Waals surface area contributed by atoms with Gasteiger partial charge in [-0.25, -0.2) is 14.6 Å². The standard InChI is InChI=1S/C22H31ClN4O4/c1-7-30-19(28)17-14(3)27(18-16(17)12-24-20(23)25-18)13(2)15-8-10-26(11-9-15)21(29)31-22(4,5)6/h12-13,15H,7-11H2,1-6H3. The predicted octanol–water partition coefficient (Wildman–Crippen LogP) is 4.78. The lowest BCUT2D eigenvalue weighted by Gasteiger charge is -2.36. The first-order valence-corrected chi connectivity index (χ1v) is 11.1. The van der Waals surface area contributed by atoms with Crippen molar-refractivity contribution in [2.75, 3.05) is 19.7 Å². The van der Waals surface area contributed by atoms with Crippen molar-refractivity contribution in [3.8, 4) is 0 Å². The van der Waals surface area contributed by atoms with E-state index in [1.807, 2.05) is 27.7 Å². The maximum absolute atomic E-state index is 12.6. The van der Waals surface area contributed by atoms with Crippen molar-refractivity contribution in [3.63, 3.8) is 0 Å². The van der Waals surface area contributed by atoms with Crippen molar-refractivity contribution < 1.29 is 19.1 Å². The Bertz CT molecular complexity index is 974. The molecule has 1 fully saturated rings. The van der Waals surface area contributed by atoms with Crippen molar-refractivity contribution in [1.82, 2.24) is 19.4 Å². The zero-order chi connectivity index (χ0) is 22.9. The van der Waals surface area contributed by atoms with Crippen LogP contribution in [-0.2, 0) is 9.47 Å². The highest BCUT2D eigenvalue weighted by Crippen LogP contribution is 2.35. The van der Waals surface area contributed by atoms with E-state index in [1.54, 1.807) is 18.0 Å². The Morgan fingerprint density at radius 3 is 2.52 bits per heavy atom. The average Bonchev–Trinajstić information content (AvgIpc) is 2.97. The highest BCUT2D eigenvalue weighted by atomic mass is 35.5. The van der Waals surface area contributed by atoms with Crippen LogP contribution in [0.2, 0.25) is 5.28 Å². The van der Waals surface area contributed by atoms with Gasteiger partial charge in [0.1, 0.15) is 11.2 Å². The minimum atomic E-state index is -0.509. The molecule has 0 radical (unpaired) electrons. The van der Waals surface area contributed by atoms with Gasteiger partial charge < -0.3 is 18.9 Å². The molecule has 3 heterocycles. The van der Waals surface area contributed by atoms with E-state index < -0.39 is 5.60 Å². The summed E-state index contributed by atoms with van der Waals surface area (Å²) in [7, 11) is 0. The summed E-state index contributed by atoms with van der Waals surface area (Å²) in [5.41, 5.74) is 1.38. The van der Waals surface area contributed by atoms with Crippen LogP contribution in [0.25, 0.3) is 11.0 Å². The molecule has 9 heteroatoms. The fourth-order valence-electron chi connectivity index (χ4n) is 4.25. The van der Waals surface area contributed by atoms with Gasteiger partial charge in [0.2, 0.25) is 5.28 Å². The molecule has 1 aliphatic rings. The molecule has 1 saturated heterocycles. The van der Waals surface area contributed by atoms with Crippen molar-refractivity contribution in [2.45, 2.75) is 66.0 Å². The number of nitrogens with zero attached hydrogens (tertiary/aromatic N) is 4. The minimum Gasteiger partial charge on any atom is -0.462 e. The first kappa shape index (κ1) is 23.3. The monoisotopic (exact) mass is 450 g/mol. The molecule has 170 valence electrons. The van der Waals surface area contributed by atoms with Crippen LogP contribution in [0.1, 0.15) is 69.6 Å². The number of rotatable bonds is 4. The quantitative estimate of drug-likeness (QED) is 0.492. The summed E-state index contributed by atoms with van der Waals surface area (Å²) in [6.07, 6.45) is 2.96. The van der Waals surface area contributed by atoms with Gasteiger partial charge in [-0.2, -0.15) is 4.98 Å². The lowest BCUT2D eigenvalue weighted by Crippen LogP contribution is -2.42. The molecule has 1 atom stereocenters. The smallest absolute Gasteiger partial charge is 0.410 e. The Labute approximate surface area is 187 Å². The van der Waals surface area contributed by atoms with Gasteiger partial charge in [0.05, 0.1) is 17.6 Å². The minimum absolute atomic E-state index is 0.0532. The summed E-state index contributed by atoms with van der Waals surface area (Å²) in [4.78, 5) is 35.3. The molecule has 0 bridgehead atoms. The SMILES string of the molecule is CCOC(=O)c1c(C)n(C(C)C2CCN(C(=O)OC(C)(C)C)CC2)c2nc(Cl)ncc12. The van der Waals surface area contributed by atoms with Crippen LogP contribution < -0.4 is 0 Å². The van der Waals surface area contributed by atoms with Gasteiger partial charge in [-0.15, -0.1) is 0 Å². The zero-order valence-corrected chi connectivity index (χ0v) is 19.8. The molecule has 1 amide bonds. The highest BCUT2D eigenvalue weighted by Gasteiger charge is 2.32. The lowest BCUT2D eigenvalue weighted by atomic mass is 9.90. The Balaban J connectivity index is 1.86. The van der Waals surface area contributed by atoms with Gasteiger partial charge in [-0.3, -0.25) is 0 Å². The first-order chi connectivity index (χ1) is 14.5. The molecule has 0 spiro atoms. The number of hydrogen-bond acceptors (Lipinski definition) is 6. The summed E-state index contributed by atoms with van der Waals surface area (Å²) < 4.78 is 12.8. The van der Waals surface area contributed by atoms with Gasteiger partial charge >= 0.3 is 12.1 Å². The Kier molecular flexibility index (Phi) is 6.79. The molecule has 0 N–H and O–H groups in total. The number of likely N-dealkylation sites (tertiary alicyclic amines) is 1. The number of esters is 1. The van der Waals surface area contributed by atoms with Crippen molar-refractivity contribution in [3.05, 3.63) is 22.7 Å². The van der Waals surface area contributed by atoms with E-state index in [2.05, 4.69) is 21.5 Å². The Hall–Kier alpha value is -2.35. The molecule has 2 aromatic rings. The third-order valence-corrected chi connectivity index (χ3v) is 5.90. The highest BCUT2D eigenvalue weighted by molar-refractivity contribution is 6.28. The van der Waals surface area contributed by atoms with E-state index in [4.69, 9.17) is 21.1 Å². The number of hydrogen-bond donors (Lipinski definition) is 0. The van der Waals surface area contributed by atoms with Crippen LogP contribution in [-0.4, -0.2) is 56.8 Å². The molecule has 31 heavy (non-hydrogen) atoms. The second kappa shape index (κ2) is 9.02. The van der Waals surface area contributed by atoms with Crippen LogP contribution in [0.3, 0.4) is 0 Å². The normalized spacial score (nSPS) is 16.4. The van der Waals surface area contributed by atoms with E-state index in [1.165, 1.54) is 0 Å². The van der Waals surface area contributed by atoms with Gasteiger partial charge in [0, 0.05) is 31.0 Å². The van der Waals surface area contributed by atoms with E-state index in [9.17, 15) is 9.59 Å². The molecule has 8 nitrogen and oxygen atoms in total. The largest absolute Gasteiger partial charge is 0.462 e. The number of aromatic nitrogens is 3. The maximum atomic E-state index is 12.6. The number of carbonyl (C=O) groups is 2. The fraction of sp³-hybridized carbons (Fsp3) is 0.636. The first-order valence-electron chi connectivity index (χ1n) is 10.7. The summed E-state index contributed by atoms with van der Waals surface area (Å²) in [5.74, 6) is -0.0848. The maximum Gasteiger partial charge on any atom is 0.410 e. The number of carbonyl (C=O) groups excluding carboxylic acids is 2. The Morgan fingerprint density at radius 1 is 1.29 bits per heavy atom. The van der Waals surface area contributed by atoms with Gasteiger partial charge in [-0.1, -0.05) is 0 Å². The van der Waals surface area contributed by atoms with E-state index in [0.717, 1.165) is 18.5 Å². The van der Waals surface area contributed by atoms with E-state index >= 15 is 0 Å². The van der Waals surface area contributed by atoms with E-state index in [-0.39, 0.29) is 30.0 Å². The fourth-order valence-corrected chi connectivity index (χ4v) is 4.38. The number of halogens is 1.